The Kier molecular flexibility index (Phi) is 2.50. The van der Waals surface area contributed by atoms with Crippen LogP contribution in [0.25, 0.3) is 0 Å². The third kappa shape index (κ3) is 1.76. The Hall–Kier alpha value is -1.54. The maximum absolute atomic E-state index is 5.48. The van der Waals surface area contributed by atoms with E-state index in [4.69, 9.17) is 4.42 Å². The number of hydrogen-bond donors (Lipinski definition) is 1. The lowest BCUT2D eigenvalue weighted by Gasteiger charge is -2.13. The molecule has 16 heavy (non-hydrogen) atoms. The van der Waals surface area contributed by atoms with E-state index in [0.717, 1.165) is 25.1 Å². The van der Waals surface area contributed by atoms with Gasteiger partial charge in [-0.2, -0.15) is 0 Å². The zero-order valence-corrected chi connectivity index (χ0v) is 9.15. The first-order valence-corrected chi connectivity index (χ1v) is 5.77. The maximum Gasteiger partial charge on any atom is 0.121 e. The first-order valence-electron chi connectivity index (χ1n) is 5.77. The van der Waals surface area contributed by atoms with Crippen LogP contribution in [0.15, 0.2) is 47.1 Å². The van der Waals surface area contributed by atoms with Crippen molar-refractivity contribution in [3.8, 4) is 0 Å². The minimum Gasteiger partial charge on any atom is -0.468 e. The molecular formula is C14H15NO. The van der Waals surface area contributed by atoms with Crippen molar-refractivity contribution < 1.29 is 4.42 Å². The SMILES string of the molecule is c1coc(C2Cc3ccccc3CCN2)c1. The number of hydrogen-bond acceptors (Lipinski definition) is 2. The number of furan rings is 1. The smallest absolute Gasteiger partial charge is 0.121 e. The molecule has 1 unspecified atom stereocenters. The van der Waals surface area contributed by atoms with Gasteiger partial charge < -0.3 is 9.73 Å². The highest BCUT2D eigenvalue weighted by Gasteiger charge is 2.18. The molecule has 2 nitrogen and oxygen atoms in total. The summed E-state index contributed by atoms with van der Waals surface area (Å²) in [5.74, 6) is 1.04. The predicted octanol–water partition coefficient (Wildman–Crippen LogP) is 2.71. The van der Waals surface area contributed by atoms with E-state index >= 15 is 0 Å². The summed E-state index contributed by atoms with van der Waals surface area (Å²) in [6, 6.07) is 13.0. The lowest BCUT2D eigenvalue weighted by atomic mass is 10.00. The molecule has 2 heterocycles. The Morgan fingerprint density at radius 2 is 1.94 bits per heavy atom. The molecular weight excluding hydrogens is 198 g/mol. The van der Waals surface area contributed by atoms with Gasteiger partial charge in [0.1, 0.15) is 5.76 Å². The summed E-state index contributed by atoms with van der Waals surface area (Å²) >= 11 is 0. The summed E-state index contributed by atoms with van der Waals surface area (Å²) in [7, 11) is 0. The van der Waals surface area contributed by atoms with Gasteiger partial charge in [0.2, 0.25) is 0 Å². The van der Waals surface area contributed by atoms with E-state index in [-0.39, 0.29) is 0 Å². The van der Waals surface area contributed by atoms with E-state index in [0.29, 0.717) is 6.04 Å². The molecule has 2 aromatic rings. The average Bonchev–Trinajstić information content (AvgIpc) is 2.75. The normalized spacial score (nSPS) is 20.1. The standard InChI is InChI=1S/C14H15NO/c1-2-5-12-10-13(14-6-3-9-16-14)15-8-7-11(12)4-1/h1-6,9,13,15H,7-8,10H2. The fraction of sp³-hybridized carbons (Fsp3) is 0.286. The lowest BCUT2D eigenvalue weighted by molar-refractivity contribution is 0.418. The molecule has 1 N–H and O–H groups in total. The average molecular weight is 213 g/mol. The number of benzene rings is 1. The van der Waals surface area contributed by atoms with Crippen molar-refractivity contribution in [3.05, 3.63) is 59.5 Å². The monoisotopic (exact) mass is 213 g/mol. The van der Waals surface area contributed by atoms with Crippen molar-refractivity contribution in [2.24, 2.45) is 0 Å². The van der Waals surface area contributed by atoms with E-state index < -0.39 is 0 Å². The Morgan fingerprint density at radius 1 is 1.06 bits per heavy atom. The van der Waals surface area contributed by atoms with Gasteiger partial charge in [0, 0.05) is 0 Å². The minimum atomic E-state index is 0.318. The molecule has 1 atom stereocenters. The second-order valence-electron chi connectivity index (χ2n) is 4.24. The third-order valence-electron chi connectivity index (χ3n) is 3.21. The van der Waals surface area contributed by atoms with Gasteiger partial charge in [-0.3, -0.25) is 0 Å². The quantitative estimate of drug-likeness (QED) is 0.788. The fourth-order valence-corrected chi connectivity index (χ4v) is 2.36. The Balaban J connectivity index is 1.91. The molecule has 0 aliphatic carbocycles. The van der Waals surface area contributed by atoms with Gasteiger partial charge in [-0.25, -0.2) is 0 Å². The van der Waals surface area contributed by atoms with Crippen LogP contribution in [-0.4, -0.2) is 6.54 Å². The summed E-state index contributed by atoms with van der Waals surface area (Å²) in [4.78, 5) is 0. The van der Waals surface area contributed by atoms with Crippen LogP contribution in [0, 0.1) is 0 Å². The van der Waals surface area contributed by atoms with Crippen LogP contribution in [-0.2, 0) is 12.8 Å². The van der Waals surface area contributed by atoms with Crippen LogP contribution >= 0.6 is 0 Å². The van der Waals surface area contributed by atoms with Gasteiger partial charge in [-0.15, -0.1) is 0 Å². The summed E-state index contributed by atoms with van der Waals surface area (Å²) in [6.07, 6.45) is 3.87. The fourth-order valence-electron chi connectivity index (χ4n) is 2.36. The zero-order valence-electron chi connectivity index (χ0n) is 9.15. The van der Waals surface area contributed by atoms with E-state index in [2.05, 4.69) is 29.6 Å². The summed E-state index contributed by atoms with van der Waals surface area (Å²) in [5.41, 5.74) is 2.90. The summed E-state index contributed by atoms with van der Waals surface area (Å²) in [5, 5.41) is 3.54. The Morgan fingerprint density at radius 3 is 2.75 bits per heavy atom. The molecule has 0 spiro atoms. The van der Waals surface area contributed by atoms with Crippen LogP contribution < -0.4 is 5.32 Å². The number of nitrogens with one attached hydrogen (secondary N) is 1. The van der Waals surface area contributed by atoms with Gasteiger partial charge in [0.25, 0.3) is 0 Å². The Labute approximate surface area is 95.3 Å². The molecule has 1 aliphatic rings. The maximum atomic E-state index is 5.48. The van der Waals surface area contributed by atoms with Gasteiger partial charge in [0.15, 0.2) is 0 Å². The van der Waals surface area contributed by atoms with Crippen molar-refractivity contribution in [1.29, 1.82) is 0 Å². The molecule has 82 valence electrons. The molecule has 0 radical (unpaired) electrons. The van der Waals surface area contributed by atoms with Crippen LogP contribution in [0.1, 0.15) is 22.9 Å². The molecule has 0 amide bonds. The van der Waals surface area contributed by atoms with Gasteiger partial charge in [-0.1, -0.05) is 24.3 Å². The lowest BCUT2D eigenvalue weighted by Crippen LogP contribution is -2.22. The third-order valence-corrected chi connectivity index (χ3v) is 3.21. The molecule has 0 fully saturated rings. The summed E-state index contributed by atoms with van der Waals surface area (Å²) < 4.78 is 5.48. The minimum absolute atomic E-state index is 0.318. The predicted molar refractivity (Wildman–Crippen MR) is 63.3 cm³/mol. The molecule has 1 aromatic carbocycles. The van der Waals surface area contributed by atoms with Crippen molar-refractivity contribution in [1.82, 2.24) is 5.32 Å². The second kappa shape index (κ2) is 4.14. The van der Waals surface area contributed by atoms with Crippen LogP contribution in [0.3, 0.4) is 0 Å². The first kappa shape index (κ1) is 9.67. The second-order valence-corrected chi connectivity index (χ2v) is 4.24. The van der Waals surface area contributed by atoms with Gasteiger partial charge in [0.05, 0.1) is 12.3 Å². The molecule has 0 saturated heterocycles. The molecule has 0 bridgehead atoms. The summed E-state index contributed by atoms with van der Waals surface area (Å²) in [6.45, 7) is 1.02. The van der Waals surface area contributed by atoms with E-state index in [1.165, 1.54) is 11.1 Å². The van der Waals surface area contributed by atoms with Crippen molar-refractivity contribution in [3.63, 3.8) is 0 Å². The molecule has 0 saturated carbocycles. The number of rotatable bonds is 1. The highest BCUT2D eigenvalue weighted by molar-refractivity contribution is 5.30. The topological polar surface area (TPSA) is 25.2 Å². The van der Waals surface area contributed by atoms with Gasteiger partial charge in [-0.05, 0) is 42.6 Å². The molecule has 2 heteroatoms. The van der Waals surface area contributed by atoms with Crippen LogP contribution in [0.2, 0.25) is 0 Å². The number of fused-ring (bicyclic) bond motifs is 1. The van der Waals surface area contributed by atoms with Crippen molar-refractivity contribution in [2.45, 2.75) is 18.9 Å². The van der Waals surface area contributed by atoms with Crippen molar-refractivity contribution in [2.75, 3.05) is 6.54 Å². The van der Waals surface area contributed by atoms with E-state index in [9.17, 15) is 0 Å². The Bertz CT molecular complexity index is 461. The van der Waals surface area contributed by atoms with E-state index in [1.807, 2.05) is 12.1 Å². The zero-order chi connectivity index (χ0) is 10.8. The molecule has 1 aliphatic heterocycles. The highest BCUT2D eigenvalue weighted by atomic mass is 16.3. The van der Waals surface area contributed by atoms with Crippen LogP contribution in [0.4, 0.5) is 0 Å². The first-order chi connectivity index (χ1) is 7.93. The van der Waals surface area contributed by atoms with Crippen molar-refractivity contribution >= 4 is 0 Å². The van der Waals surface area contributed by atoms with Crippen LogP contribution in [0.5, 0.6) is 0 Å². The highest BCUT2D eigenvalue weighted by Crippen LogP contribution is 2.23. The van der Waals surface area contributed by atoms with E-state index in [1.54, 1.807) is 6.26 Å². The molecule has 3 rings (SSSR count). The largest absolute Gasteiger partial charge is 0.468 e. The van der Waals surface area contributed by atoms with Gasteiger partial charge >= 0.3 is 0 Å². The molecule has 1 aromatic heterocycles.